The van der Waals surface area contributed by atoms with E-state index in [0.29, 0.717) is 42.7 Å². The number of aromatic nitrogens is 1. The van der Waals surface area contributed by atoms with Gasteiger partial charge in [0.15, 0.2) is 23.4 Å². The number of amides is 1. The number of carbonyl (C=O) groups excluding carboxylic acids is 1. The molecule has 10 heteroatoms. The van der Waals surface area contributed by atoms with E-state index in [4.69, 9.17) is 30.5 Å². The van der Waals surface area contributed by atoms with E-state index in [1.807, 2.05) is 37.3 Å². The summed E-state index contributed by atoms with van der Waals surface area (Å²) in [6.45, 7) is 9.92. The summed E-state index contributed by atoms with van der Waals surface area (Å²) in [5, 5.41) is 11.4. The number of ether oxygens (including phenoxy) is 4. The van der Waals surface area contributed by atoms with Gasteiger partial charge in [-0.25, -0.2) is 4.98 Å². The van der Waals surface area contributed by atoms with E-state index in [9.17, 15) is 9.90 Å². The van der Waals surface area contributed by atoms with Crippen LogP contribution in [0.1, 0.15) is 39.2 Å². The molecule has 3 aliphatic rings. The number of carbonyl (C=O) groups is 1. The van der Waals surface area contributed by atoms with Crippen molar-refractivity contribution in [3.8, 4) is 11.5 Å². The average Bonchev–Trinajstić information content (AvgIpc) is 3.41. The third-order valence-electron chi connectivity index (χ3n) is 8.05. The largest absolute Gasteiger partial charge is 0.493 e. The van der Waals surface area contributed by atoms with Gasteiger partial charge in [-0.1, -0.05) is 24.6 Å². The van der Waals surface area contributed by atoms with Gasteiger partial charge < -0.3 is 33.9 Å². The maximum atomic E-state index is 13.3. The van der Waals surface area contributed by atoms with Gasteiger partial charge in [-0.2, -0.15) is 0 Å². The van der Waals surface area contributed by atoms with Crippen LogP contribution in [-0.4, -0.2) is 84.9 Å². The van der Waals surface area contributed by atoms with Crippen LogP contribution in [0.3, 0.4) is 0 Å². The topological polar surface area (TPSA) is 93.6 Å². The number of halogens is 1. The molecule has 3 aliphatic heterocycles. The van der Waals surface area contributed by atoms with Gasteiger partial charge in [-0.15, -0.1) is 0 Å². The van der Waals surface area contributed by atoms with Crippen LogP contribution in [-0.2, 0) is 14.3 Å². The Hall–Kier alpha value is -2.59. The summed E-state index contributed by atoms with van der Waals surface area (Å²) in [5.41, 5.74) is 0.434. The van der Waals surface area contributed by atoms with Gasteiger partial charge in [0.1, 0.15) is 11.9 Å². The van der Waals surface area contributed by atoms with E-state index in [2.05, 4.69) is 9.88 Å². The number of rotatable bonds is 7. The molecule has 4 atom stereocenters. The summed E-state index contributed by atoms with van der Waals surface area (Å²) in [5.74, 6) is 1.14. The summed E-state index contributed by atoms with van der Waals surface area (Å²) >= 11 is 5.96. The first-order valence-corrected chi connectivity index (χ1v) is 13.4. The van der Waals surface area contributed by atoms with Crippen molar-refractivity contribution in [1.82, 2.24) is 9.88 Å². The van der Waals surface area contributed by atoms with Crippen LogP contribution < -0.4 is 14.4 Å². The maximum absolute atomic E-state index is 13.3. The first kappa shape index (κ1) is 27.0. The molecule has 2 aromatic rings. The van der Waals surface area contributed by atoms with Gasteiger partial charge in [0.25, 0.3) is 5.91 Å². The predicted octanol–water partition coefficient (Wildman–Crippen LogP) is 3.48. The second-order valence-corrected chi connectivity index (χ2v) is 11.6. The maximum Gasteiger partial charge on any atom is 0.254 e. The molecule has 0 radical (unpaired) electrons. The van der Waals surface area contributed by atoms with Gasteiger partial charge in [-0.05, 0) is 50.6 Å². The highest BCUT2D eigenvalue weighted by Crippen LogP contribution is 2.47. The molecule has 1 amide bonds. The Balaban J connectivity index is 1.32. The molecule has 4 heterocycles. The summed E-state index contributed by atoms with van der Waals surface area (Å²) in [4.78, 5) is 21.6. The smallest absolute Gasteiger partial charge is 0.254 e. The summed E-state index contributed by atoms with van der Waals surface area (Å²) in [7, 11) is 1.62. The molecule has 5 rings (SSSR count). The zero-order valence-electron chi connectivity index (χ0n) is 22.5. The Morgan fingerprint density at radius 2 is 1.95 bits per heavy atom. The molecule has 1 N–H and O–H groups in total. The fourth-order valence-corrected chi connectivity index (χ4v) is 5.65. The molecule has 0 aliphatic carbocycles. The number of nitrogens with zero attached hydrogens (tertiary/aromatic N) is 3. The Morgan fingerprint density at radius 1 is 1.18 bits per heavy atom. The van der Waals surface area contributed by atoms with Gasteiger partial charge in [-0.3, -0.25) is 4.79 Å². The van der Waals surface area contributed by atoms with Crippen molar-refractivity contribution in [2.45, 2.75) is 57.7 Å². The molecule has 38 heavy (non-hydrogen) atoms. The zero-order chi connectivity index (χ0) is 27.2. The zero-order valence-corrected chi connectivity index (χ0v) is 23.3. The number of aliphatic hydroxyl groups excluding tert-OH is 1. The normalized spacial score (nSPS) is 27.8. The number of anilines is 1. The Kier molecular flexibility index (Phi) is 7.24. The highest BCUT2D eigenvalue weighted by Gasteiger charge is 2.50. The number of aliphatic hydroxyl groups is 1. The molecular weight excluding hydrogens is 510 g/mol. The number of methoxy groups -OCH3 is 1. The summed E-state index contributed by atoms with van der Waals surface area (Å²) in [6, 6.07) is 9.60. The van der Waals surface area contributed by atoms with Gasteiger partial charge in [0.05, 0.1) is 37.9 Å². The molecule has 0 spiro atoms. The Labute approximate surface area is 228 Å². The number of pyridine rings is 1. The van der Waals surface area contributed by atoms with Crippen molar-refractivity contribution in [3.63, 3.8) is 0 Å². The predicted molar refractivity (Wildman–Crippen MR) is 143 cm³/mol. The van der Waals surface area contributed by atoms with Gasteiger partial charge in [0, 0.05) is 30.6 Å². The number of hydrogen-bond acceptors (Lipinski definition) is 8. The third-order valence-corrected chi connectivity index (χ3v) is 8.27. The molecule has 1 aromatic carbocycles. The lowest BCUT2D eigenvalue weighted by Crippen LogP contribution is -2.54. The van der Waals surface area contributed by atoms with Crippen molar-refractivity contribution in [2.75, 3.05) is 44.8 Å². The fourth-order valence-electron chi connectivity index (χ4n) is 5.54. The number of likely N-dealkylation sites (tertiary alicyclic amines) is 1. The third kappa shape index (κ3) is 5.17. The minimum atomic E-state index is -0.782. The molecular formula is C28H36ClN3O6. The molecule has 9 nitrogen and oxygen atoms in total. The SMILES string of the molecule is COc1ccc([C@@H]2CN(C(=O)C3COC(C)(C)O3)C[C@@]2(C)[C@@H](C)O)cc1OC1CN(c2ccc(Cl)cn2)C1. The lowest BCUT2D eigenvalue weighted by Gasteiger charge is -2.40. The average molecular weight is 546 g/mol. The van der Waals surface area contributed by atoms with Gasteiger partial charge >= 0.3 is 0 Å². The molecule has 0 bridgehead atoms. The molecule has 3 saturated heterocycles. The number of hydrogen-bond donors (Lipinski definition) is 1. The van der Waals surface area contributed by atoms with Crippen LogP contribution in [0.5, 0.6) is 11.5 Å². The van der Waals surface area contributed by atoms with Crippen LogP contribution in [0.2, 0.25) is 5.02 Å². The second-order valence-electron chi connectivity index (χ2n) is 11.2. The fraction of sp³-hybridized carbons (Fsp3) is 0.571. The molecule has 1 unspecified atom stereocenters. The van der Waals surface area contributed by atoms with Crippen molar-refractivity contribution >= 4 is 23.3 Å². The summed E-state index contributed by atoms with van der Waals surface area (Å²) < 4.78 is 23.4. The highest BCUT2D eigenvalue weighted by molar-refractivity contribution is 6.30. The molecule has 1 aromatic heterocycles. The molecule has 3 fully saturated rings. The van der Waals surface area contributed by atoms with Crippen molar-refractivity contribution in [2.24, 2.45) is 5.41 Å². The van der Waals surface area contributed by atoms with E-state index in [0.717, 1.165) is 11.4 Å². The minimum Gasteiger partial charge on any atom is -0.493 e. The summed E-state index contributed by atoms with van der Waals surface area (Å²) in [6.07, 6.45) is 0.331. The quantitative estimate of drug-likeness (QED) is 0.565. The van der Waals surface area contributed by atoms with Crippen LogP contribution in [0, 0.1) is 5.41 Å². The van der Waals surface area contributed by atoms with Crippen LogP contribution in [0.15, 0.2) is 36.5 Å². The second kappa shape index (κ2) is 10.2. The Bertz CT molecular complexity index is 1170. The Morgan fingerprint density at radius 3 is 2.55 bits per heavy atom. The van der Waals surface area contributed by atoms with Crippen LogP contribution in [0.4, 0.5) is 5.82 Å². The van der Waals surface area contributed by atoms with Crippen molar-refractivity contribution in [1.29, 1.82) is 0 Å². The minimum absolute atomic E-state index is 0.0238. The highest BCUT2D eigenvalue weighted by atomic mass is 35.5. The van der Waals surface area contributed by atoms with Crippen molar-refractivity contribution < 1.29 is 28.8 Å². The molecule has 0 saturated carbocycles. The monoisotopic (exact) mass is 545 g/mol. The molecule has 206 valence electrons. The van der Waals surface area contributed by atoms with E-state index >= 15 is 0 Å². The number of benzene rings is 1. The van der Waals surface area contributed by atoms with Gasteiger partial charge in [0.2, 0.25) is 0 Å². The lowest BCUT2D eigenvalue weighted by molar-refractivity contribution is -0.159. The van der Waals surface area contributed by atoms with Crippen LogP contribution >= 0.6 is 11.6 Å². The van der Waals surface area contributed by atoms with Crippen LogP contribution in [0.25, 0.3) is 0 Å². The van der Waals surface area contributed by atoms with E-state index in [1.54, 1.807) is 39.0 Å². The first-order chi connectivity index (χ1) is 18.0. The van der Waals surface area contributed by atoms with E-state index in [1.165, 1.54) is 0 Å². The van der Waals surface area contributed by atoms with E-state index < -0.39 is 23.4 Å². The lowest BCUT2D eigenvalue weighted by atomic mass is 9.72. The standard InChI is InChI=1S/C28H36ClN3O6/c1-17(33)28(4)16-32(26(34)24-15-36-27(2,3)38-24)14-21(28)18-6-8-22(35-5)23(10-18)37-20-12-31(13-20)25-9-7-19(29)11-30-25/h6-11,17,20-21,24,33H,12-16H2,1-5H3/t17-,21+,24?,28+/m1/s1. The van der Waals surface area contributed by atoms with E-state index in [-0.39, 0.29) is 24.5 Å². The first-order valence-electron chi connectivity index (χ1n) is 13.0. The van der Waals surface area contributed by atoms with Crippen molar-refractivity contribution in [3.05, 3.63) is 47.1 Å².